The highest BCUT2D eigenvalue weighted by atomic mass is 79.9. The van der Waals surface area contributed by atoms with Crippen LogP contribution in [0.1, 0.15) is 21.5 Å². The van der Waals surface area contributed by atoms with Crippen molar-refractivity contribution < 1.29 is 9.59 Å². The molecule has 0 saturated carbocycles. The number of anilines is 2. The predicted molar refractivity (Wildman–Crippen MR) is 85.6 cm³/mol. The van der Waals surface area contributed by atoms with E-state index in [1.54, 1.807) is 12.1 Å². The topological polar surface area (TPSA) is 58.2 Å². The largest absolute Gasteiger partial charge is 0.326 e. The van der Waals surface area contributed by atoms with Crippen LogP contribution in [0.5, 0.6) is 0 Å². The van der Waals surface area contributed by atoms with Crippen LogP contribution in [0.25, 0.3) is 0 Å². The lowest BCUT2D eigenvalue weighted by Crippen LogP contribution is -2.13. The summed E-state index contributed by atoms with van der Waals surface area (Å²) >= 11 is 3.39. The lowest BCUT2D eigenvalue weighted by molar-refractivity contribution is -0.115. The van der Waals surface area contributed by atoms with E-state index in [1.165, 1.54) is 0 Å². The van der Waals surface area contributed by atoms with Crippen LogP contribution in [-0.2, 0) is 11.2 Å². The molecule has 106 valence electrons. The maximum absolute atomic E-state index is 12.3. The van der Waals surface area contributed by atoms with E-state index >= 15 is 0 Å². The van der Waals surface area contributed by atoms with Crippen LogP contribution in [0.4, 0.5) is 11.4 Å². The Labute approximate surface area is 130 Å². The Morgan fingerprint density at radius 1 is 1.24 bits per heavy atom. The fourth-order valence-corrected chi connectivity index (χ4v) is 2.64. The highest BCUT2D eigenvalue weighted by Crippen LogP contribution is 2.25. The van der Waals surface area contributed by atoms with Crippen LogP contribution < -0.4 is 10.6 Å². The average Bonchev–Trinajstić information content (AvgIpc) is 2.81. The third-order valence-electron chi connectivity index (χ3n) is 3.44. The van der Waals surface area contributed by atoms with Gasteiger partial charge in [-0.05, 0) is 42.3 Å². The molecule has 0 radical (unpaired) electrons. The molecule has 3 rings (SSSR count). The summed E-state index contributed by atoms with van der Waals surface area (Å²) in [7, 11) is 0. The average molecular weight is 345 g/mol. The van der Waals surface area contributed by atoms with Gasteiger partial charge in [0.2, 0.25) is 5.91 Å². The van der Waals surface area contributed by atoms with E-state index in [2.05, 4.69) is 26.6 Å². The Bertz CT molecular complexity index is 756. The SMILES string of the molecule is Cc1ccc(Br)cc1NC(=O)c1ccc2c(c1)NC(=O)C2. The quantitative estimate of drug-likeness (QED) is 0.875. The standard InChI is InChI=1S/C16H13BrN2O2/c1-9-2-5-12(17)8-13(9)19-16(21)11-4-3-10-7-15(20)18-14(10)6-11/h2-6,8H,7H2,1H3,(H,18,20)(H,19,21). The molecule has 2 aromatic rings. The van der Waals surface area contributed by atoms with Gasteiger partial charge in [0.25, 0.3) is 5.91 Å². The van der Waals surface area contributed by atoms with Crippen molar-refractivity contribution in [2.24, 2.45) is 0 Å². The molecule has 2 aromatic carbocycles. The Morgan fingerprint density at radius 2 is 2.05 bits per heavy atom. The minimum absolute atomic E-state index is 0.0367. The first-order chi connectivity index (χ1) is 10.0. The molecule has 0 aromatic heterocycles. The second-order valence-corrected chi connectivity index (χ2v) is 5.93. The zero-order valence-electron chi connectivity index (χ0n) is 11.4. The summed E-state index contributed by atoms with van der Waals surface area (Å²) in [6, 6.07) is 11.0. The molecule has 1 heterocycles. The molecule has 1 aliphatic rings. The molecule has 2 amide bonds. The summed E-state index contributed by atoms with van der Waals surface area (Å²) in [5.74, 6) is -0.231. The normalized spacial score (nSPS) is 12.8. The molecule has 0 fully saturated rings. The van der Waals surface area contributed by atoms with E-state index in [-0.39, 0.29) is 11.8 Å². The molecule has 4 nitrogen and oxygen atoms in total. The summed E-state index contributed by atoms with van der Waals surface area (Å²) in [4.78, 5) is 23.7. The lowest BCUT2D eigenvalue weighted by atomic mass is 10.1. The highest BCUT2D eigenvalue weighted by Gasteiger charge is 2.19. The second-order valence-electron chi connectivity index (χ2n) is 5.01. The van der Waals surface area contributed by atoms with E-state index in [9.17, 15) is 9.59 Å². The lowest BCUT2D eigenvalue weighted by Gasteiger charge is -2.10. The maximum atomic E-state index is 12.3. The number of carbonyl (C=O) groups excluding carboxylic acids is 2. The van der Waals surface area contributed by atoms with Crippen molar-refractivity contribution in [2.45, 2.75) is 13.3 Å². The van der Waals surface area contributed by atoms with E-state index < -0.39 is 0 Å². The van der Waals surface area contributed by atoms with E-state index in [1.807, 2.05) is 31.2 Å². The van der Waals surface area contributed by atoms with Gasteiger partial charge in [-0.15, -0.1) is 0 Å². The van der Waals surface area contributed by atoms with Gasteiger partial charge in [0.05, 0.1) is 6.42 Å². The molecule has 2 N–H and O–H groups in total. The van der Waals surface area contributed by atoms with Crippen LogP contribution in [0, 0.1) is 6.92 Å². The van der Waals surface area contributed by atoms with E-state index in [0.29, 0.717) is 12.0 Å². The van der Waals surface area contributed by atoms with Crippen LogP contribution in [0.3, 0.4) is 0 Å². The van der Waals surface area contributed by atoms with Gasteiger partial charge in [-0.1, -0.05) is 28.1 Å². The molecule has 0 aliphatic carbocycles. The Hall–Kier alpha value is -2.14. The fourth-order valence-electron chi connectivity index (χ4n) is 2.28. The summed E-state index contributed by atoms with van der Waals surface area (Å²) < 4.78 is 0.907. The number of rotatable bonds is 2. The zero-order valence-corrected chi connectivity index (χ0v) is 13.0. The molecule has 1 aliphatic heterocycles. The number of halogens is 1. The molecular weight excluding hydrogens is 332 g/mol. The van der Waals surface area contributed by atoms with Crippen LogP contribution in [0.15, 0.2) is 40.9 Å². The van der Waals surface area contributed by atoms with Gasteiger partial charge in [0, 0.05) is 21.4 Å². The van der Waals surface area contributed by atoms with Gasteiger partial charge in [-0.25, -0.2) is 0 Å². The summed E-state index contributed by atoms with van der Waals surface area (Å²) in [6.45, 7) is 1.94. The predicted octanol–water partition coefficient (Wildman–Crippen LogP) is 3.50. The molecule has 0 atom stereocenters. The van der Waals surface area contributed by atoms with Crippen LogP contribution >= 0.6 is 15.9 Å². The Morgan fingerprint density at radius 3 is 2.86 bits per heavy atom. The van der Waals surface area contributed by atoms with Crippen molar-refractivity contribution in [3.05, 3.63) is 57.6 Å². The summed E-state index contributed by atoms with van der Waals surface area (Å²) in [5.41, 5.74) is 3.92. The molecule has 0 saturated heterocycles. The number of fused-ring (bicyclic) bond motifs is 1. The van der Waals surface area contributed by atoms with Gasteiger partial charge in [-0.2, -0.15) is 0 Å². The Kier molecular flexibility index (Phi) is 3.51. The first kappa shape index (κ1) is 13.8. The van der Waals surface area contributed by atoms with Gasteiger partial charge in [0.15, 0.2) is 0 Å². The van der Waals surface area contributed by atoms with Crippen molar-refractivity contribution in [3.63, 3.8) is 0 Å². The van der Waals surface area contributed by atoms with Gasteiger partial charge in [-0.3, -0.25) is 9.59 Å². The first-order valence-corrected chi connectivity index (χ1v) is 7.32. The third-order valence-corrected chi connectivity index (χ3v) is 3.94. The van der Waals surface area contributed by atoms with Crippen molar-refractivity contribution >= 4 is 39.1 Å². The second kappa shape index (κ2) is 5.33. The van der Waals surface area contributed by atoms with Crippen molar-refractivity contribution in [3.8, 4) is 0 Å². The van der Waals surface area contributed by atoms with Crippen LogP contribution in [-0.4, -0.2) is 11.8 Å². The summed E-state index contributed by atoms with van der Waals surface area (Å²) in [5, 5.41) is 5.64. The Balaban J connectivity index is 1.85. The molecular formula is C16H13BrN2O2. The number of hydrogen-bond acceptors (Lipinski definition) is 2. The number of aryl methyl sites for hydroxylation is 1. The van der Waals surface area contributed by atoms with E-state index in [0.717, 1.165) is 27.0 Å². The molecule has 21 heavy (non-hydrogen) atoms. The smallest absolute Gasteiger partial charge is 0.255 e. The van der Waals surface area contributed by atoms with Crippen LogP contribution in [0.2, 0.25) is 0 Å². The molecule has 5 heteroatoms. The summed E-state index contributed by atoms with van der Waals surface area (Å²) in [6.07, 6.45) is 0.377. The van der Waals surface area contributed by atoms with Crippen molar-refractivity contribution in [1.82, 2.24) is 0 Å². The van der Waals surface area contributed by atoms with Gasteiger partial charge >= 0.3 is 0 Å². The minimum Gasteiger partial charge on any atom is -0.326 e. The van der Waals surface area contributed by atoms with E-state index in [4.69, 9.17) is 0 Å². The fraction of sp³-hybridized carbons (Fsp3) is 0.125. The first-order valence-electron chi connectivity index (χ1n) is 6.53. The monoisotopic (exact) mass is 344 g/mol. The number of amides is 2. The molecule has 0 bridgehead atoms. The minimum atomic E-state index is -0.194. The molecule has 0 unspecified atom stereocenters. The van der Waals surface area contributed by atoms with Crippen molar-refractivity contribution in [2.75, 3.05) is 10.6 Å². The third kappa shape index (κ3) is 2.83. The number of nitrogens with one attached hydrogen (secondary N) is 2. The zero-order chi connectivity index (χ0) is 15.0. The van der Waals surface area contributed by atoms with Gasteiger partial charge < -0.3 is 10.6 Å². The van der Waals surface area contributed by atoms with Gasteiger partial charge in [0.1, 0.15) is 0 Å². The van der Waals surface area contributed by atoms with Crippen molar-refractivity contribution in [1.29, 1.82) is 0 Å². The molecule has 0 spiro atoms. The number of carbonyl (C=O) groups is 2. The maximum Gasteiger partial charge on any atom is 0.255 e. The number of benzene rings is 2. The number of hydrogen-bond donors (Lipinski definition) is 2. The highest BCUT2D eigenvalue weighted by molar-refractivity contribution is 9.10.